The molecule has 0 fully saturated rings. The molecule has 0 aromatic heterocycles. The standard InChI is InChI=1S/C14H15N5O.C2HF3O2/c15-13(16)17-11-6-8-12(9-7-11)19-14(20)18-10-4-2-1-3-5-10;3-2(4,5)1(6)7/h1-9H,(H4,15,16,17)(H2,18,19,20);(H,6,7). The number of nitrogens with one attached hydrogen (secondary N) is 2. The molecule has 0 radical (unpaired) electrons. The molecule has 11 heteroatoms. The molecule has 2 rings (SSSR count). The number of guanidine groups is 1. The Morgan fingerprint density at radius 1 is 0.889 bits per heavy atom. The highest BCUT2D eigenvalue weighted by molar-refractivity contribution is 5.99. The summed E-state index contributed by atoms with van der Waals surface area (Å²) >= 11 is 0. The molecule has 144 valence electrons. The van der Waals surface area contributed by atoms with E-state index in [1.807, 2.05) is 18.2 Å². The van der Waals surface area contributed by atoms with Crippen LogP contribution in [0.2, 0.25) is 0 Å². The fraction of sp³-hybridized carbons (Fsp3) is 0.0625. The zero-order valence-electron chi connectivity index (χ0n) is 13.7. The van der Waals surface area contributed by atoms with Gasteiger partial charge in [-0.2, -0.15) is 13.2 Å². The Labute approximate surface area is 151 Å². The van der Waals surface area contributed by atoms with E-state index in [9.17, 15) is 18.0 Å². The summed E-state index contributed by atoms with van der Waals surface area (Å²) in [5.41, 5.74) is 12.5. The minimum Gasteiger partial charge on any atom is -0.475 e. The van der Waals surface area contributed by atoms with E-state index in [0.717, 1.165) is 5.69 Å². The van der Waals surface area contributed by atoms with E-state index in [0.29, 0.717) is 11.4 Å². The maximum atomic E-state index is 11.8. The number of aliphatic imine (C=N–C) groups is 1. The Morgan fingerprint density at radius 2 is 1.33 bits per heavy atom. The number of carboxylic acids is 1. The summed E-state index contributed by atoms with van der Waals surface area (Å²) in [5, 5.41) is 12.6. The molecular weight excluding hydrogens is 367 g/mol. The van der Waals surface area contributed by atoms with Gasteiger partial charge in [-0.3, -0.25) is 0 Å². The topological polar surface area (TPSA) is 143 Å². The molecule has 0 aliphatic heterocycles. The Morgan fingerprint density at radius 3 is 1.74 bits per heavy atom. The van der Waals surface area contributed by atoms with E-state index in [1.165, 1.54) is 0 Å². The number of hydrogen-bond acceptors (Lipinski definition) is 3. The van der Waals surface area contributed by atoms with Crippen LogP contribution in [0.5, 0.6) is 0 Å². The molecule has 0 unspecified atom stereocenters. The Kier molecular flexibility index (Phi) is 7.61. The average molecular weight is 383 g/mol. The van der Waals surface area contributed by atoms with Gasteiger partial charge in [0.25, 0.3) is 0 Å². The van der Waals surface area contributed by atoms with Crippen LogP contribution >= 0.6 is 0 Å². The second-order valence-electron chi connectivity index (χ2n) is 4.83. The Bertz CT molecular complexity index is 789. The largest absolute Gasteiger partial charge is 0.490 e. The first-order valence-corrected chi connectivity index (χ1v) is 7.21. The van der Waals surface area contributed by atoms with Gasteiger partial charge >= 0.3 is 18.2 Å². The van der Waals surface area contributed by atoms with Crippen molar-refractivity contribution in [3.05, 3.63) is 54.6 Å². The van der Waals surface area contributed by atoms with Crippen molar-refractivity contribution in [2.24, 2.45) is 16.5 Å². The Hall–Kier alpha value is -3.76. The predicted octanol–water partition coefficient (Wildman–Crippen LogP) is 2.87. The van der Waals surface area contributed by atoms with Crippen molar-refractivity contribution in [1.82, 2.24) is 0 Å². The number of amides is 2. The summed E-state index contributed by atoms with van der Waals surface area (Å²) in [4.78, 5) is 24.5. The molecule has 0 aliphatic carbocycles. The van der Waals surface area contributed by atoms with Crippen LogP contribution in [0.15, 0.2) is 59.6 Å². The van der Waals surface area contributed by atoms with Crippen LogP contribution in [0.1, 0.15) is 0 Å². The van der Waals surface area contributed by atoms with Crippen molar-refractivity contribution in [2.45, 2.75) is 6.18 Å². The third-order valence-corrected chi connectivity index (χ3v) is 2.66. The number of alkyl halides is 3. The highest BCUT2D eigenvalue weighted by Gasteiger charge is 2.38. The van der Waals surface area contributed by atoms with Gasteiger partial charge in [0.1, 0.15) is 0 Å². The SMILES string of the molecule is NC(N)=Nc1ccc(NC(=O)Nc2ccccc2)cc1.O=C(O)C(F)(F)F. The van der Waals surface area contributed by atoms with E-state index < -0.39 is 12.1 Å². The predicted molar refractivity (Wildman–Crippen MR) is 94.7 cm³/mol. The van der Waals surface area contributed by atoms with Crippen molar-refractivity contribution >= 4 is 35.0 Å². The van der Waals surface area contributed by atoms with Crippen molar-refractivity contribution in [1.29, 1.82) is 0 Å². The number of rotatable bonds is 3. The van der Waals surface area contributed by atoms with Crippen LogP contribution in [-0.4, -0.2) is 29.2 Å². The van der Waals surface area contributed by atoms with E-state index >= 15 is 0 Å². The molecule has 0 bridgehead atoms. The van der Waals surface area contributed by atoms with Crippen molar-refractivity contribution in [3.63, 3.8) is 0 Å². The Balaban J connectivity index is 0.000000445. The van der Waals surface area contributed by atoms with E-state index in [2.05, 4.69) is 15.6 Å². The zero-order chi connectivity index (χ0) is 20.4. The summed E-state index contributed by atoms with van der Waals surface area (Å²) in [6, 6.07) is 15.7. The number of hydrogen-bond donors (Lipinski definition) is 5. The highest BCUT2D eigenvalue weighted by atomic mass is 19.4. The van der Waals surface area contributed by atoms with Gasteiger partial charge < -0.3 is 27.2 Å². The number of carbonyl (C=O) groups is 2. The lowest BCUT2D eigenvalue weighted by atomic mass is 10.3. The maximum Gasteiger partial charge on any atom is 0.490 e. The fourth-order valence-corrected chi connectivity index (χ4v) is 1.58. The molecule has 27 heavy (non-hydrogen) atoms. The van der Waals surface area contributed by atoms with Crippen LogP contribution in [-0.2, 0) is 4.79 Å². The third-order valence-electron chi connectivity index (χ3n) is 2.66. The van der Waals surface area contributed by atoms with Gasteiger partial charge in [0.2, 0.25) is 0 Å². The maximum absolute atomic E-state index is 11.8. The quantitative estimate of drug-likeness (QED) is 0.409. The molecule has 7 N–H and O–H groups in total. The average Bonchev–Trinajstić information content (AvgIpc) is 2.57. The smallest absolute Gasteiger partial charge is 0.475 e. The lowest BCUT2D eigenvalue weighted by Gasteiger charge is -2.07. The van der Waals surface area contributed by atoms with E-state index in [4.69, 9.17) is 21.4 Å². The second-order valence-corrected chi connectivity index (χ2v) is 4.83. The number of nitrogens with two attached hydrogens (primary N) is 2. The number of nitrogens with zero attached hydrogens (tertiary/aromatic N) is 1. The lowest BCUT2D eigenvalue weighted by molar-refractivity contribution is -0.192. The molecule has 0 saturated carbocycles. The van der Waals surface area contributed by atoms with Gasteiger partial charge in [0, 0.05) is 11.4 Å². The summed E-state index contributed by atoms with van der Waals surface area (Å²) in [5.74, 6) is -2.76. The number of anilines is 2. The van der Waals surface area contributed by atoms with Crippen LogP contribution in [0.25, 0.3) is 0 Å². The van der Waals surface area contributed by atoms with Crippen molar-refractivity contribution < 1.29 is 27.9 Å². The molecular formula is C16H16F3N5O3. The van der Waals surface area contributed by atoms with Crippen LogP contribution < -0.4 is 22.1 Å². The van der Waals surface area contributed by atoms with Gasteiger partial charge in [0.05, 0.1) is 5.69 Å². The van der Waals surface area contributed by atoms with Gasteiger partial charge in [0.15, 0.2) is 5.96 Å². The lowest BCUT2D eigenvalue weighted by Crippen LogP contribution is -2.21. The fourth-order valence-electron chi connectivity index (χ4n) is 1.58. The van der Waals surface area contributed by atoms with Gasteiger partial charge in [-0.15, -0.1) is 0 Å². The minimum absolute atomic E-state index is 0.00692. The number of para-hydroxylation sites is 1. The number of carbonyl (C=O) groups excluding carboxylic acids is 1. The number of benzene rings is 2. The third kappa shape index (κ3) is 8.77. The first kappa shape index (κ1) is 21.3. The van der Waals surface area contributed by atoms with Gasteiger partial charge in [-0.1, -0.05) is 18.2 Å². The van der Waals surface area contributed by atoms with Crippen molar-refractivity contribution in [3.8, 4) is 0 Å². The molecule has 0 aliphatic rings. The highest BCUT2D eigenvalue weighted by Crippen LogP contribution is 2.16. The van der Waals surface area contributed by atoms with E-state index in [1.54, 1.807) is 36.4 Å². The summed E-state index contributed by atoms with van der Waals surface area (Å²) in [6.45, 7) is 0. The van der Waals surface area contributed by atoms with Crippen LogP contribution in [0, 0.1) is 0 Å². The molecule has 2 amide bonds. The summed E-state index contributed by atoms with van der Waals surface area (Å²) < 4.78 is 31.7. The molecule has 0 atom stereocenters. The molecule has 0 heterocycles. The second kappa shape index (κ2) is 9.65. The van der Waals surface area contributed by atoms with Gasteiger partial charge in [-0.05, 0) is 36.4 Å². The molecule has 8 nitrogen and oxygen atoms in total. The van der Waals surface area contributed by atoms with Gasteiger partial charge in [-0.25, -0.2) is 14.6 Å². The minimum atomic E-state index is -5.08. The zero-order valence-corrected chi connectivity index (χ0v) is 13.7. The molecule has 2 aromatic carbocycles. The molecule has 0 saturated heterocycles. The number of halogens is 3. The normalized spacial score (nSPS) is 10.0. The first-order valence-electron chi connectivity index (χ1n) is 7.21. The first-order chi connectivity index (χ1) is 12.6. The van der Waals surface area contributed by atoms with Crippen LogP contribution in [0.3, 0.4) is 0 Å². The molecule has 2 aromatic rings. The number of aliphatic carboxylic acids is 1. The number of urea groups is 1. The molecule has 0 spiro atoms. The monoisotopic (exact) mass is 383 g/mol. The summed E-state index contributed by atoms with van der Waals surface area (Å²) in [7, 11) is 0. The van der Waals surface area contributed by atoms with Crippen LogP contribution in [0.4, 0.5) is 35.0 Å². The summed E-state index contributed by atoms with van der Waals surface area (Å²) in [6.07, 6.45) is -5.08. The number of carboxylic acid groups (broad SMARTS) is 1. The van der Waals surface area contributed by atoms with Crippen molar-refractivity contribution in [2.75, 3.05) is 10.6 Å². The van der Waals surface area contributed by atoms with E-state index in [-0.39, 0.29) is 12.0 Å².